The Morgan fingerprint density at radius 1 is 0.705 bits per heavy atom. The summed E-state index contributed by atoms with van der Waals surface area (Å²) in [6.45, 7) is 4.94. The molecule has 328 valence electrons. The Morgan fingerprint density at radius 3 is 1.57 bits per heavy atom. The highest BCUT2D eigenvalue weighted by atomic mass is 16.6. The molecule has 18 nitrogen and oxygen atoms in total. The van der Waals surface area contributed by atoms with Gasteiger partial charge in [-0.3, -0.25) is 24.5 Å². The molecule has 4 aromatic heterocycles. The molecule has 4 aromatic rings. The zero-order chi connectivity index (χ0) is 43.6. The number of hydrogen-bond donors (Lipinski definition) is 4. The number of ketones is 2. The van der Waals surface area contributed by atoms with Gasteiger partial charge in [0.05, 0.1) is 12.1 Å². The van der Waals surface area contributed by atoms with E-state index in [2.05, 4.69) is 40.8 Å². The van der Waals surface area contributed by atoms with E-state index in [1.807, 2.05) is 12.1 Å². The van der Waals surface area contributed by atoms with Gasteiger partial charge in [-0.1, -0.05) is 37.8 Å². The number of rotatable bonds is 19. The molecular formula is C43H56N8O10. The fraction of sp³-hybridized carbons (Fsp3) is 0.512. The monoisotopic (exact) mass is 844 g/mol. The quantitative estimate of drug-likeness (QED) is 0.0899. The van der Waals surface area contributed by atoms with Gasteiger partial charge in [0, 0.05) is 36.4 Å². The van der Waals surface area contributed by atoms with Crippen LogP contribution in [0.2, 0.25) is 0 Å². The molecule has 6 rings (SSSR count). The number of amides is 3. The maximum Gasteiger partial charge on any atom is 0.413 e. The summed E-state index contributed by atoms with van der Waals surface area (Å²) in [4.78, 5) is 70.8. The number of nitrogen functional groups attached to an aromatic ring is 1. The molecule has 2 unspecified atom stereocenters. The van der Waals surface area contributed by atoms with Gasteiger partial charge in [-0.05, 0) is 106 Å². The number of hydrogen-bond acceptors (Lipinski definition) is 15. The molecule has 18 heteroatoms. The summed E-state index contributed by atoms with van der Waals surface area (Å²) in [5.74, 6) is 0.622. The van der Waals surface area contributed by atoms with Crippen LogP contribution < -0.4 is 31.2 Å². The van der Waals surface area contributed by atoms with Gasteiger partial charge in [-0.2, -0.15) is 0 Å². The normalized spacial score (nSPS) is 15.1. The number of aromatic nitrogens is 4. The highest BCUT2D eigenvalue weighted by molar-refractivity contribution is 5.91. The third-order valence-corrected chi connectivity index (χ3v) is 10.2. The zero-order valence-corrected chi connectivity index (χ0v) is 34.9. The first-order valence-electron chi connectivity index (χ1n) is 20.7. The van der Waals surface area contributed by atoms with E-state index in [1.165, 1.54) is 24.7 Å². The molecule has 0 aromatic carbocycles. The molecular weight excluding hydrogens is 789 g/mol. The minimum Gasteiger partial charge on any atom is -0.467 e. The molecule has 0 aliphatic heterocycles. The predicted octanol–water partition coefficient (Wildman–Crippen LogP) is 5.58. The minimum atomic E-state index is -0.695. The number of nitrogens with zero attached hydrogens (tertiary/aromatic N) is 4. The molecule has 61 heavy (non-hydrogen) atoms. The Hall–Kier alpha value is -6.33. The highest BCUT2D eigenvalue weighted by Gasteiger charge is 2.29. The highest BCUT2D eigenvalue weighted by Crippen LogP contribution is 2.26. The Morgan fingerprint density at radius 2 is 1.18 bits per heavy atom. The van der Waals surface area contributed by atoms with E-state index < -0.39 is 23.8 Å². The fourth-order valence-corrected chi connectivity index (χ4v) is 6.89. The maximum atomic E-state index is 12.8. The number of Topliss-reactive ketones (excluding diaryl/α,β-unsaturated/α-hetero) is 2. The summed E-state index contributed by atoms with van der Waals surface area (Å²) in [6.07, 6.45) is 15.0. The van der Waals surface area contributed by atoms with E-state index in [-0.39, 0.29) is 60.2 Å². The summed E-state index contributed by atoms with van der Waals surface area (Å²) in [7, 11) is 0. The zero-order valence-electron chi connectivity index (χ0n) is 34.9. The van der Waals surface area contributed by atoms with Crippen molar-refractivity contribution in [1.82, 2.24) is 30.9 Å². The van der Waals surface area contributed by atoms with E-state index in [4.69, 9.17) is 24.5 Å². The largest absolute Gasteiger partial charge is 0.467 e. The third-order valence-electron chi connectivity index (χ3n) is 10.2. The van der Waals surface area contributed by atoms with Crippen LogP contribution in [0.5, 0.6) is 11.8 Å². The lowest BCUT2D eigenvalue weighted by Crippen LogP contribution is -2.45. The average molecular weight is 845 g/mol. The van der Waals surface area contributed by atoms with E-state index >= 15 is 0 Å². The van der Waals surface area contributed by atoms with Crippen molar-refractivity contribution in [2.45, 2.75) is 116 Å². The lowest BCUT2D eigenvalue weighted by molar-refractivity contribution is -0.131. The molecule has 3 amide bonds. The summed E-state index contributed by atoms with van der Waals surface area (Å²) in [5.41, 5.74) is 6.81. The number of carbonyl (C=O) groups excluding carboxylic acids is 5. The van der Waals surface area contributed by atoms with Gasteiger partial charge < -0.3 is 39.6 Å². The molecule has 2 atom stereocenters. The van der Waals surface area contributed by atoms with Crippen LogP contribution in [0, 0.1) is 11.8 Å². The third kappa shape index (κ3) is 16.0. The number of ether oxygens (including phenoxy) is 3. The van der Waals surface area contributed by atoms with Crippen molar-refractivity contribution in [3.05, 3.63) is 72.4 Å². The first kappa shape index (κ1) is 45.7. The van der Waals surface area contributed by atoms with Crippen LogP contribution in [-0.4, -0.2) is 80.7 Å². The molecule has 0 bridgehead atoms. The van der Waals surface area contributed by atoms with E-state index in [0.29, 0.717) is 37.3 Å². The number of aryl methyl sites for hydroxylation is 2. The van der Waals surface area contributed by atoms with Crippen molar-refractivity contribution in [2.75, 3.05) is 24.3 Å². The van der Waals surface area contributed by atoms with Crippen molar-refractivity contribution in [3.63, 3.8) is 0 Å². The number of pyridine rings is 2. The number of nitrogens with one attached hydrogen (secondary N) is 3. The Balaban J connectivity index is 0.000000237. The number of carbonyl (C=O) groups is 5. The summed E-state index contributed by atoms with van der Waals surface area (Å²) in [5, 5.41) is 15.7. The van der Waals surface area contributed by atoms with Crippen molar-refractivity contribution in [3.8, 4) is 11.8 Å². The SMILES string of the molecule is CC(C)(C)OC(=O)Nc1ccc(CCC(NC(=O)C2CCCC2)C(=O)COc2ccon2)cn1.Nc1ccc(CCC(NC(=O)C2CCCC2)C(=O)COc2ccon2)cn1. The van der Waals surface area contributed by atoms with Gasteiger partial charge in [-0.15, -0.1) is 0 Å². The lowest BCUT2D eigenvalue weighted by atomic mass is 10.0. The van der Waals surface area contributed by atoms with Crippen LogP contribution in [0.3, 0.4) is 0 Å². The van der Waals surface area contributed by atoms with Gasteiger partial charge in [0.2, 0.25) is 11.8 Å². The topological polar surface area (TPSA) is 253 Å². The van der Waals surface area contributed by atoms with Crippen molar-refractivity contribution in [1.29, 1.82) is 0 Å². The fourth-order valence-electron chi connectivity index (χ4n) is 6.89. The Bertz CT molecular complexity index is 1970. The summed E-state index contributed by atoms with van der Waals surface area (Å²) >= 11 is 0. The Kier molecular flexibility index (Phi) is 17.2. The molecule has 0 saturated heterocycles. The van der Waals surface area contributed by atoms with Crippen molar-refractivity contribution in [2.24, 2.45) is 11.8 Å². The van der Waals surface area contributed by atoms with Crippen LogP contribution in [0.4, 0.5) is 16.4 Å². The van der Waals surface area contributed by atoms with E-state index in [0.717, 1.165) is 62.5 Å². The molecule has 2 saturated carbocycles. The molecule has 2 fully saturated rings. The van der Waals surface area contributed by atoms with Crippen molar-refractivity contribution >= 4 is 41.1 Å². The molecule has 0 radical (unpaired) electrons. The standard InChI is InChI=1S/C24H32N4O6.C19H24N4O4/c1-24(2,3)34-23(31)27-20-11-9-16(14-25-20)8-10-18(26-22(30)17-6-4-5-7-17)19(29)15-32-21-12-13-33-28-21;20-17-8-6-13(11-21-17)5-7-15(22-19(25)14-3-1-2-4-14)16(24)12-26-18-9-10-27-23-18/h9,11-14,17-18H,4-8,10,15H2,1-3H3,(H,26,30)(H,25,27,31);6,8-11,14-15H,1-5,7,12H2,(H2,20,21)(H,22,25). The Labute approximate surface area is 354 Å². The molecule has 2 aliphatic carbocycles. The van der Waals surface area contributed by atoms with Crippen LogP contribution >= 0.6 is 0 Å². The summed E-state index contributed by atoms with van der Waals surface area (Å²) in [6, 6.07) is 8.79. The van der Waals surface area contributed by atoms with Crippen LogP contribution in [0.25, 0.3) is 0 Å². The molecule has 0 spiro atoms. The van der Waals surface area contributed by atoms with Gasteiger partial charge in [0.1, 0.15) is 29.8 Å². The summed E-state index contributed by atoms with van der Waals surface area (Å²) < 4.78 is 25.3. The second-order valence-corrected chi connectivity index (χ2v) is 16.1. The van der Waals surface area contributed by atoms with Crippen LogP contribution in [0.15, 0.2) is 70.4 Å². The van der Waals surface area contributed by atoms with Crippen molar-refractivity contribution < 1.29 is 47.2 Å². The van der Waals surface area contributed by atoms with E-state index in [1.54, 1.807) is 45.3 Å². The minimum absolute atomic E-state index is 0.00468. The smallest absolute Gasteiger partial charge is 0.413 e. The van der Waals surface area contributed by atoms with Gasteiger partial charge in [0.15, 0.2) is 24.8 Å². The number of nitrogens with two attached hydrogens (primary N) is 1. The molecule has 4 heterocycles. The van der Waals surface area contributed by atoms with Gasteiger partial charge in [-0.25, -0.2) is 14.8 Å². The first-order valence-corrected chi connectivity index (χ1v) is 20.7. The van der Waals surface area contributed by atoms with Crippen LogP contribution in [-0.2, 0) is 36.8 Å². The van der Waals surface area contributed by atoms with Gasteiger partial charge >= 0.3 is 6.09 Å². The lowest BCUT2D eigenvalue weighted by Gasteiger charge is -2.20. The first-order chi connectivity index (χ1) is 29.3. The predicted molar refractivity (Wildman–Crippen MR) is 221 cm³/mol. The second-order valence-electron chi connectivity index (χ2n) is 16.1. The second kappa shape index (κ2) is 22.9. The molecule has 2 aliphatic rings. The van der Waals surface area contributed by atoms with Crippen LogP contribution in [0.1, 0.15) is 96.1 Å². The maximum absolute atomic E-state index is 12.8. The number of anilines is 2. The molecule has 5 N–H and O–H groups in total. The van der Waals surface area contributed by atoms with Gasteiger partial charge in [0.25, 0.3) is 11.8 Å². The average Bonchev–Trinajstić information content (AvgIpc) is 4.09. The van der Waals surface area contributed by atoms with E-state index in [9.17, 15) is 24.0 Å².